The molecule has 18 heavy (non-hydrogen) atoms. The maximum absolute atomic E-state index is 10.6. The van der Waals surface area contributed by atoms with Gasteiger partial charge in [-0.15, -0.1) is 5.73 Å². The van der Waals surface area contributed by atoms with Gasteiger partial charge in [-0.25, -0.2) is 0 Å². The van der Waals surface area contributed by atoms with Crippen LogP contribution < -0.4 is 0 Å². The number of hydrogen-bond acceptors (Lipinski definition) is 1. The first-order chi connectivity index (χ1) is 8.65. The highest BCUT2D eigenvalue weighted by molar-refractivity contribution is 5.86. The fourth-order valence-corrected chi connectivity index (χ4v) is 2.08. The summed E-state index contributed by atoms with van der Waals surface area (Å²) >= 11 is 0. The summed E-state index contributed by atoms with van der Waals surface area (Å²) in [6, 6.07) is 14.1. The molecule has 1 unspecified atom stereocenters. The van der Waals surface area contributed by atoms with Gasteiger partial charge in [0.25, 0.3) is 0 Å². The maximum Gasteiger partial charge on any atom is 0.113 e. The van der Waals surface area contributed by atoms with Gasteiger partial charge in [-0.1, -0.05) is 49.4 Å². The van der Waals surface area contributed by atoms with E-state index < -0.39 is 5.60 Å². The van der Waals surface area contributed by atoms with Gasteiger partial charge in [-0.05, 0) is 41.8 Å². The average Bonchev–Trinajstić information content (AvgIpc) is 2.38. The third-order valence-electron chi connectivity index (χ3n) is 3.02. The summed E-state index contributed by atoms with van der Waals surface area (Å²) < 4.78 is 0. The molecule has 0 aliphatic heterocycles. The largest absolute Gasteiger partial charge is 0.381 e. The molecule has 0 spiro atoms. The van der Waals surface area contributed by atoms with Gasteiger partial charge in [0.05, 0.1) is 0 Å². The summed E-state index contributed by atoms with van der Waals surface area (Å²) in [6.45, 7) is 3.85. The number of aliphatic hydroxyl groups is 1. The molecule has 1 atom stereocenters. The molecule has 2 rings (SSSR count). The second kappa shape index (κ2) is 5.22. The van der Waals surface area contributed by atoms with Gasteiger partial charge in [0.15, 0.2) is 0 Å². The summed E-state index contributed by atoms with van der Waals surface area (Å²) in [5.74, 6) is 0. The van der Waals surface area contributed by atoms with Crippen molar-refractivity contribution in [3.05, 3.63) is 65.9 Å². The van der Waals surface area contributed by atoms with Crippen molar-refractivity contribution in [2.75, 3.05) is 0 Å². The van der Waals surface area contributed by atoms with Gasteiger partial charge in [-0.2, -0.15) is 0 Å². The minimum absolute atomic E-state index is 0.914. The zero-order valence-corrected chi connectivity index (χ0v) is 10.9. The van der Waals surface area contributed by atoms with E-state index >= 15 is 0 Å². The van der Waals surface area contributed by atoms with Gasteiger partial charge in [0, 0.05) is 0 Å². The Kier molecular flexibility index (Phi) is 3.66. The summed E-state index contributed by atoms with van der Waals surface area (Å²) in [5.41, 5.74) is 2.96. The van der Waals surface area contributed by atoms with E-state index in [4.69, 9.17) is 0 Å². The summed E-state index contributed by atoms with van der Waals surface area (Å²) in [6.07, 6.45) is 4.56. The van der Waals surface area contributed by atoms with Crippen LogP contribution in [0.25, 0.3) is 10.8 Å². The predicted octanol–water partition coefficient (Wildman–Crippen LogP) is 4.17. The van der Waals surface area contributed by atoms with Crippen LogP contribution in [0.5, 0.6) is 0 Å². The van der Waals surface area contributed by atoms with Crippen molar-refractivity contribution in [3.63, 3.8) is 0 Å². The fourth-order valence-electron chi connectivity index (χ4n) is 2.08. The Morgan fingerprint density at radius 3 is 2.67 bits per heavy atom. The van der Waals surface area contributed by atoms with Crippen molar-refractivity contribution in [2.24, 2.45) is 0 Å². The summed E-state index contributed by atoms with van der Waals surface area (Å²) in [4.78, 5) is 0. The molecular formula is C17H18O. The highest BCUT2D eigenvalue weighted by Gasteiger charge is 2.21. The van der Waals surface area contributed by atoms with Crippen LogP contribution in [0, 0.1) is 0 Å². The Morgan fingerprint density at radius 1 is 1.17 bits per heavy atom. The first kappa shape index (κ1) is 12.6. The molecule has 0 fully saturated rings. The number of benzene rings is 2. The molecule has 1 heteroatoms. The van der Waals surface area contributed by atoms with Crippen LogP contribution in [-0.2, 0) is 5.60 Å². The zero-order chi connectivity index (χ0) is 13.0. The lowest BCUT2D eigenvalue weighted by Gasteiger charge is -2.20. The van der Waals surface area contributed by atoms with E-state index in [-0.39, 0.29) is 0 Å². The third kappa shape index (κ3) is 2.53. The van der Waals surface area contributed by atoms with E-state index in [1.165, 1.54) is 0 Å². The van der Waals surface area contributed by atoms with Crippen LogP contribution in [0.1, 0.15) is 25.8 Å². The molecule has 0 radical (unpaired) electrons. The fraction of sp³-hybridized carbons (Fsp3) is 0.235. The van der Waals surface area contributed by atoms with Crippen LogP contribution in [-0.4, -0.2) is 5.11 Å². The lowest BCUT2D eigenvalue weighted by Crippen LogP contribution is -2.17. The SMILES string of the molecule is CCC=C=CC(C)(O)c1cccc2ccccc12. The summed E-state index contributed by atoms with van der Waals surface area (Å²) in [5, 5.41) is 12.8. The number of hydrogen-bond donors (Lipinski definition) is 1. The highest BCUT2D eigenvalue weighted by Crippen LogP contribution is 2.29. The molecule has 0 amide bonds. The van der Waals surface area contributed by atoms with Crippen molar-refractivity contribution in [1.29, 1.82) is 0 Å². The van der Waals surface area contributed by atoms with Crippen molar-refractivity contribution in [2.45, 2.75) is 25.9 Å². The van der Waals surface area contributed by atoms with Gasteiger partial charge in [-0.3, -0.25) is 0 Å². The molecule has 2 aromatic carbocycles. The zero-order valence-electron chi connectivity index (χ0n) is 10.9. The smallest absolute Gasteiger partial charge is 0.113 e. The minimum Gasteiger partial charge on any atom is -0.381 e. The van der Waals surface area contributed by atoms with Gasteiger partial charge in [0.1, 0.15) is 5.60 Å². The molecule has 1 N–H and O–H groups in total. The van der Waals surface area contributed by atoms with Crippen LogP contribution in [0.2, 0.25) is 0 Å². The van der Waals surface area contributed by atoms with E-state index in [1.54, 1.807) is 13.0 Å². The van der Waals surface area contributed by atoms with Gasteiger partial charge >= 0.3 is 0 Å². The van der Waals surface area contributed by atoms with E-state index in [0.29, 0.717) is 0 Å². The molecule has 0 saturated carbocycles. The standard InChI is InChI=1S/C17H18O/c1-3-4-7-13-17(2,18)16-12-8-10-14-9-5-6-11-15(14)16/h4-6,8-13,18H,3H2,1-2H3. The molecule has 1 nitrogen and oxygen atoms in total. The monoisotopic (exact) mass is 238 g/mol. The molecule has 0 bridgehead atoms. The topological polar surface area (TPSA) is 20.2 Å². The Morgan fingerprint density at radius 2 is 1.89 bits per heavy atom. The first-order valence-corrected chi connectivity index (χ1v) is 6.28. The van der Waals surface area contributed by atoms with Crippen molar-refractivity contribution < 1.29 is 5.11 Å². The lowest BCUT2D eigenvalue weighted by atomic mass is 9.91. The van der Waals surface area contributed by atoms with Crippen molar-refractivity contribution in [1.82, 2.24) is 0 Å². The molecule has 0 saturated heterocycles. The molecule has 0 aliphatic rings. The van der Waals surface area contributed by atoms with Crippen LogP contribution in [0.3, 0.4) is 0 Å². The molecule has 0 aliphatic carbocycles. The predicted molar refractivity (Wildman–Crippen MR) is 76.5 cm³/mol. The Hall–Kier alpha value is -1.82. The van der Waals surface area contributed by atoms with Gasteiger partial charge in [0.2, 0.25) is 0 Å². The highest BCUT2D eigenvalue weighted by atomic mass is 16.3. The number of rotatable bonds is 3. The second-order valence-corrected chi connectivity index (χ2v) is 4.60. The Balaban J connectivity index is 2.57. The average molecular weight is 238 g/mol. The number of fused-ring (bicyclic) bond motifs is 1. The van der Waals surface area contributed by atoms with E-state index in [2.05, 4.69) is 17.9 Å². The Bertz CT molecular complexity index is 597. The van der Waals surface area contributed by atoms with E-state index in [0.717, 1.165) is 22.8 Å². The maximum atomic E-state index is 10.6. The molecule has 0 heterocycles. The second-order valence-electron chi connectivity index (χ2n) is 4.60. The Labute approximate surface area is 108 Å². The van der Waals surface area contributed by atoms with Crippen LogP contribution in [0.4, 0.5) is 0 Å². The molecule has 2 aromatic rings. The van der Waals surface area contributed by atoms with Crippen molar-refractivity contribution in [3.8, 4) is 0 Å². The summed E-state index contributed by atoms with van der Waals surface area (Å²) in [7, 11) is 0. The molecular weight excluding hydrogens is 220 g/mol. The lowest BCUT2D eigenvalue weighted by molar-refractivity contribution is 0.113. The van der Waals surface area contributed by atoms with E-state index in [1.807, 2.05) is 43.3 Å². The quantitative estimate of drug-likeness (QED) is 0.796. The van der Waals surface area contributed by atoms with E-state index in [9.17, 15) is 5.11 Å². The third-order valence-corrected chi connectivity index (χ3v) is 3.02. The molecule has 0 aromatic heterocycles. The normalized spacial score (nSPS) is 13.7. The van der Waals surface area contributed by atoms with Crippen molar-refractivity contribution >= 4 is 10.8 Å². The minimum atomic E-state index is -0.994. The van der Waals surface area contributed by atoms with Crippen LogP contribution >= 0.6 is 0 Å². The first-order valence-electron chi connectivity index (χ1n) is 6.28. The molecule has 92 valence electrons. The van der Waals surface area contributed by atoms with Crippen LogP contribution in [0.15, 0.2) is 60.3 Å². The van der Waals surface area contributed by atoms with Gasteiger partial charge < -0.3 is 5.11 Å².